The summed E-state index contributed by atoms with van der Waals surface area (Å²) in [5.41, 5.74) is 2.36. The normalized spacial score (nSPS) is 11.4. The van der Waals surface area contributed by atoms with Gasteiger partial charge in [-0.15, -0.1) is 5.10 Å². The summed E-state index contributed by atoms with van der Waals surface area (Å²) in [5.74, 6) is -0.316. The van der Waals surface area contributed by atoms with Crippen LogP contribution in [0.4, 0.5) is 5.69 Å². The number of hydrogen-bond donors (Lipinski definition) is 2. The quantitative estimate of drug-likeness (QED) is 0.382. The van der Waals surface area contributed by atoms with Gasteiger partial charge in [0.05, 0.1) is 10.9 Å². The first-order valence-electron chi connectivity index (χ1n) is 12.4. The van der Waals surface area contributed by atoms with Crippen molar-refractivity contribution in [3.63, 3.8) is 0 Å². The number of aromatic nitrogens is 4. The number of nitrogens with zero attached hydrogens (tertiary/aromatic N) is 4. The van der Waals surface area contributed by atoms with E-state index < -0.39 is 11.6 Å². The monoisotopic (exact) mass is 504 g/mol. The second-order valence-electron chi connectivity index (χ2n) is 9.79. The molecular weight excluding hydrogens is 472 g/mol. The van der Waals surface area contributed by atoms with Crippen LogP contribution in [0.1, 0.15) is 48.7 Å². The number of carbonyl (C=O) groups excluding carboxylic acids is 2. The zero-order valence-corrected chi connectivity index (χ0v) is 21.8. The molecule has 2 aromatic heterocycles. The summed E-state index contributed by atoms with van der Waals surface area (Å²) in [6.45, 7) is 10.3. The summed E-state index contributed by atoms with van der Waals surface area (Å²) in [6.07, 6.45) is 0.644. The summed E-state index contributed by atoms with van der Waals surface area (Å²) < 4.78 is 3.78. The number of nitrogens with one attached hydrogen (secondary N) is 2. The van der Waals surface area contributed by atoms with Gasteiger partial charge in [0.15, 0.2) is 0 Å². The lowest BCUT2D eigenvalue weighted by atomic mass is 10.1. The summed E-state index contributed by atoms with van der Waals surface area (Å²) >= 11 is 0. The highest BCUT2D eigenvalue weighted by Crippen LogP contribution is 2.16. The van der Waals surface area contributed by atoms with Crippen LogP contribution in [-0.2, 0) is 17.9 Å². The van der Waals surface area contributed by atoms with Crippen molar-refractivity contribution in [2.45, 2.75) is 54.1 Å². The van der Waals surface area contributed by atoms with Crippen LogP contribution in [0.2, 0.25) is 0 Å². The van der Waals surface area contributed by atoms with Gasteiger partial charge in [-0.2, -0.15) is 0 Å². The van der Waals surface area contributed by atoms with Crippen LogP contribution in [0.5, 0.6) is 0 Å². The smallest absolute Gasteiger partial charge is 0.352 e. The number of hydrogen-bond acceptors (Lipinski definition) is 5. The summed E-state index contributed by atoms with van der Waals surface area (Å²) in [4.78, 5) is 52.3. The van der Waals surface area contributed by atoms with Crippen molar-refractivity contribution in [3.05, 3.63) is 73.9 Å². The van der Waals surface area contributed by atoms with Crippen molar-refractivity contribution in [2.75, 3.05) is 11.9 Å². The number of anilines is 1. The van der Waals surface area contributed by atoms with E-state index in [1.807, 2.05) is 52.8 Å². The standard InChI is InChI=1S/C27H32N6O4/c1-6-9-31-25(36)21-8-7-19(24(35)28-14-16(2)3)13-22(21)33-26(31)30-32(27(33)37)15-23(34)29-20-11-17(4)10-18(5)12-20/h7-8,10-13,16H,6,9,14-15H2,1-5H3,(H,28,35)(H,29,34). The lowest BCUT2D eigenvalue weighted by Crippen LogP contribution is -2.30. The lowest BCUT2D eigenvalue weighted by Gasteiger charge is -2.11. The average molecular weight is 505 g/mol. The first-order valence-corrected chi connectivity index (χ1v) is 12.4. The molecule has 2 N–H and O–H groups in total. The molecule has 0 saturated carbocycles. The average Bonchev–Trinajstić information content (AvgIpc) is 3.14. The van der Waals surface area contributed by atoms with Gasteiger partial charge in [0.2, 0.25) is 11.7 Å². The van der Waals surface area contributed by atoms with Crippen molar-refractivity contribution in [2.24, 2.45) is 5.92 Å². The maximum atomic E-state index is 13.5. The van der Waals surface area contributed by atoms with E-state index >= 15 is 0 Å². The highest BCUT2D eigenvalue weighted by Gasteiger charge is 2.20. The molecule has 4 aromatic rings. The Morgan fingerprint density at radius 3 is 2.38 bits per heavy atom. The van der Waals surface area contributed by atoms with Gasteiger partial charge in [-0.25, -0.2) is 13.9 Å². The summed E-state index contributed by atoms with van der Waals surface area (Å²) in [6, 6.07) is 10.3. The first-order chi connectivity index (χ1) is 17.6. The van der Waals surface area contributed by atoms with Gasteiger partial charge in [0.25, 0.3) is 11.5 Å². The third-order valence-corrected chi connectivity index (χ3v) is 5.96. The number of carbonyl (C=O) groups is 2. The molecule has 37 heavy (non-hydrogen) atoms. The topological polar surface area (TPSA) is 120 Å². The second-order valence-corrected chi connectivity index (χ2v) is 9.79. The third kappa shape index (κ3) is 5.32. The molecule has 2 aromatic carbocycles. The summed E-state index contributed by atoms with van der Waals surface area (Å²) in [5, 5.41) is 10.3. The van der Waals surface area contributed by atoms with Crippen molar-refractivity contribution in [1.82, 2.24) is 24.1 Å². The Balaban J connectivity index is 1.80. The largest absolute Gasteiger partial charge is 0.352 e. The van der Waals surface area contributed by atoms with Crippen LogP contribution in [0.25, 0.3) is 16.7 Å². The van der Waals surface area contributed by atoms with E-state index in [-0.39, 0.29) is 35.2 Å². The molecule has 0 unspecified atom stereocenters. The van der Waals surface area contributed by atoms with Crippen molar-refractivity contribution in [1.29, 1.82) is 0 Å². The Kier molecular flexibility index (Phi) is 7.28. The van der Waals surface area contributed by atoms with E-state index in [1.165, 1.54) is 15.0 Å². The molecule has 194 valence electrons. The van der Waals surface area contributed by atoms with Gasteiger partial charge in [-0.3, -0.25) is 19.0 Å². The maximum Gasteiger partial charge on any atom is 0.352 e. The highest BCUT2D eigenvalue weighted by atomic mass is 16.2. The molecule has 0 fully saturated rings. The number of aryl methyl sites for hydroxylation is 3. The van der Waals surface area contributed by atoms with Crippen molar-refractivity contribution in [3.8, 4) is 0 Å². The SMILES string of the molecule is CCCn1c(=O)c2ccc(C(=O)NCC(C)C)cc2n2c(=O)n(CC(=O)Nc3cc(C)cc(C)c3)nc12. The van der Waals surface area contributed by atoms with Gasteiger partial charge in [0, 0.05) is 24.3 Å². The third-order valence-electron chi connectivity index (χ3n) is 5.96. The van der Waals surface area contributed by atoms with Gasteiger partial charge in [-0.05, 0) is 67.6 Å². The van der Waals surface area contributed by atoms with Crippen molar-refractivity contribution < 1.29 is 9.59 Å². The van der Waals surface area contributed by atoms with Gasteiger partial charge < -0.3 is 10.6 Å². The lowest BCUT2D eigenvalue weighted by molar-refractivity contribution is -0.117. The molecule has 10 nitrogen and oxygen atoms in total. The van der Waals surface area contributed by atoms with E-state index in [0.717, 1.165) is 15.8 Å². The van der Waals surface area contributed by atoms with Crippen LogP contribution >= 0.6 is 0 Å². The minimum absolute atomic E-state index is 0.128. The Morgan fingerprint density at radius 1 is 1.03 bits per heavy atom. The Hall–Kier alpha value is -4.21. The van der Waals surface area contributed by atoms with E-state index in [0.29, 0.717) is 36.1 Å². The van der Waals surface area contributed by atoms with Gasteiger partial charge >= 0.3 is 5.69 Å². The van der Waals surface area contributed by atoms with E-state index in [4.69, 9.17) is 0 Å². The van der Waals surface area contributed by atoms with Crippen LogP contribution < -0.4 is 21.9 Å². The van der Waals surface area contributed by atoms with E-state index in [2.05, 4.69) is 15.7 Å². The molecule has 0 aliphatic heterocycles. The van der Waals surface area contributed by atoms with Gasteiger partial charge in [-0.1, -0.05) is 26.8 Å². The van der Waals surface area contributed by atoms with Crippen LogP contribution in [-0.4, -0.2) is 37.1 Å². The Morgan fingerprint density at radius 2 is 1.73 bits per heavy atom. The van der Waals surface area contributed by atoms with Crippen LogP contribution in [0.3, 0.4) is 0 Å². The minimum atomic E-state index is -0.569. The molecule has 0 spiro atoms. The fraction of sp³-hybridized carbons (Fsp3) is 0.370. The number of fused-ring (bicyclic) bond motifs is 3. The molecule has 0 aliphatic carbocycles. The van der Waals surface area contributed by atoms with Crippen molar-refractivity contribution >= 4 is 34.2 Å². The van der Waals surface area contributed by atoms with Crippen LogP contribution in [0.15, 0.2) is 46.0 Å². The molecule has 2 heterocycles. The first kappa shape index (κ1) is 25.9. The molecule has 0 bridgehead atoms. The molecule has 4 rings (SSSR count). The van der Waals surface area contributed by atoms with E-state index in [9.17, 15) is 19.2 Å². The molecule has 2 amide bonds. The highest BCUT2D eigenvalue weighted by molar-refractivity contribution is 5.98. The second kappa shape index (κ2) is 10.4. The fourth-order valence-electron chi connectivity index (χ4n) is 4.37. The molecule has 0 aliphatic rings. The Bertz CT molecular complexity index is 1610. The van der Waals surface area contributed by atoms with Crippen LogP contribution in [0, 0.1) is 19.8 Å². The molecule has 0 atom stereocenters. The van der Waals surface area contributed by atoms with E-state index in [1.54, 1.807) is 12.1 Å². The predicted molar refractivity (Wildman–Crippen MR) is 143 cm³/mol. The number of rotatable bonds is 8. The fourth-order valence-corrected chi connectivity index (χ4v) is 4.37. The number of benzene rings is 2. The molecule has 0 saturated heterocycles. The maximum absolute atomic E-state index is 13.5. The van der Waals surface area contributed by atoms with Gasteiger partial charge in [0.1, 0.15) is 6.54 Å². The zero-order valence-electron chi connectivity index (χ0n) is 21.8. The predicted octanol–water partition coefficient (Wildman–Crippen LogP) is 2.86. The minimum Gasteiger partial charge on any atom is -0.352 e. The molecule has 0 radical (unpaired) electrons. The molecular formula is C27H32N6O4. The molecule has 10 heteroatoms. The summed E-state index contributed by atoms with van der Waals surface area (Å²) in [7, 11) is 0. The zero-order chi connectivity index (χ0) is 26.9. The Labute approximate surface area is 213 Å². The number of amides is 2.